The van der Waals surface area contributed by atoms with E-state index in [1.807, 2.05) is 0 Å². The van der Waals surface area contributed by atoms with Crippen LogP contribution in [0.25, 0.3) is 0 Å². The van der Waals surface area contributed by atoms with Gasteiger partial charge >= 0.3 is 0 Å². The Morgan fingerprint density at radius 3 is 2.73 bits per heavy atom. The average Bonchev–Trinajstić information content (AvgIpc) is 2.92. The van der Waals surface area contributed by atoms with Gasteiger partial charge in [-0.1, -0.05) is 33.6 Å². The molecule has 3 rings (SSSR count). The van der Waals surface area contributed by atoms with Crippen molar-refractivity contribution in [2.45, 2.75) is 51.9 Å². The predicted molar refractivity (Wildman–Crippen MR) is 86.6 cm³/mol. The minimum absolute atomic E-state index is 0.0783. The largest absolute Gasteiger partial charge is 0.323 e. The molecular formula is C17H26N4O. The Bertz CT molecular complexity index is 549. The molecule has 1 aliphatic carbocycles. The number of rotatable bonds is 2. The first-order chi connectivity index (χ1) is 10.4. The van der Waals surface area contributed by atoms with Crippen LogP contribution in [0.15, 0.2) is 12.4 Å². The number of hydrogen-bond donors (Lipinski definition) is 2. The van der Waals surface area contributed by atoms with Gasteiger partial charge in [-0.2, -0.15) is 0 Å². The molecule has 2 heterocycles. The van der Waals surface area contributed by atoms with Crippen molar-refractivity contribution in [3.63, 3.8) is 0 Å². The molecule has 2 fully saturated rings. The van der Waals surface area contributed by atoms with Crippen LogP contribution < -0.4 is 10.6 Å². The van der Waals surface area contributed by atoms with Gasteiger partial charge in [-0.15, -0.1) is 0 Å². The topological polar surface area (TPSA) is 66.9 Å². The standard InChI is InChI=1S/C17H26N4O/c1-16(2,3)14-19-9-13(10-20-14)21-15(22)17-7-5-4-6-12(17)8-18-11-17/h9-10,12,18H,4-8,11H2,1-3H3,(H,21,22)/t12-,17+/m0/s1. The summed E-state index contributed by atoms with van der Waals surface area (Å²) < 4.78 is 0. The molecule has 0 spiro atoms. The van der Waals surface area contributed by atoms with Gasteiger partial charge in [0.2, 0.25) is 5.91 Å². The van der Waals surface area contributed by atoms with Crippen molar-refractivity contribution in [1.82, 2.24) is 15.3 Å². The number of anilines is 1. The van der Waals surface area contributed by atoms with Crippen LogP contribution in [-0.2, 0) is 10.2 Å². The average molecular weight is 302 g/mol. The SMILES string of the molecule is CC(C)(C)c1ncc(NC(=O)[C@@]23CCCC[C@H]2CNC3)cn1. The molecule has 5 heteroatoms. The first-order valence-corrected chi connectivity index (χ1v) is 8.26. The van der Waals surface area contributed by atoms with Gasteiger partial charge in [-0.05, 0) is 25.3 Å². The summed E-state index contributed by atoms with van der Waals surface area (Å²) in [6, 6.07) is 0. The van der Waals surface area contributed by atoms with Crippen molar-refractivity contribution < 1.29 is 4.79 Å². The van der Waals surface area contributed by atoms with E-state index >= 15 is 0 Å². The Balaban J connectivity index is 1.74. The van der Waals surface area contributed by atoms with Gasteiger partial charge < -0.3 is 10.6 Å². The van der Waals surface area contributed by atoms with E-state index in [2.05, 4.69) is 41.4 Å². The zero-order valence-corrected chi connectivity index (χ0v) is 13.8. The highest BCUT2D eigenvalue weighted by Gasteiger charge is 2.49. The molecule has 1 amide bonds. The van der Waals surface area contributed by atoms with Crippen LogP contribution >= 0.6 is 0 Å². The molecule has 1 aromatic heterocycles. The maximum atomic E-state index is 12.8. The van der Waals surface area contributed by atoms with Crippen molar-refractivity contribution in [2.75, 3.05) is 18.4 Å². The second-order valence-corrected chi connectivity index (χ2v) is 7.73. The summed E-state index contributed by atoms with van der Waals surface area (Å²) in [5.41, 5.74) is 0.384. The fourth-order valence-electron chi connectivity index (χ4n) is 3.73. The van der Waals surface area contributed by atoms with Gasteiger partial charge in [0, 0.05) is 12.0 Å². The highest BCUT2D eigenvalue weighted by Crippen LogP contribution is 2.44. The Labute approximate surface area is 132 Å². The molecule has 120 valence electrons. The minimum atomic E-state index is -0.235. The van der Waals surface area contributed by atoms with Crippen LogP contribution in [0.1, 0.15) is 52.3 Å². The van der Waals surface area contributed by atoms with E-state index in [0.717, 1.165) is 38.2 Å². The Morgan fingerprint density at radius 2 is 2.05 bits per heavy atom. The molecule has 1 saturated carbocycles. The molecule has 1 aliphatic heterocycles. The lowest BCUT2D eigenvalue weighted by Crippen LogP contribution is -2.44. The normalized spacial score (nSPS) is 28.2. The fraction of sp³-hybridized carbons (Fsp3) is 0.706. The van der Waals surface area contributed by atoms with Gasteiger partial charge in [0.15, 0.2) is 0 Å². The quantitative estimate of drug-likeness (QED) is 0.881. The van der Waals surface area contributed by atoms with Gasteiger partial charge in [0.25, 0.3) is 0 Å². The van der Waals surface area contributed by atoms with Crippen LogP contribution in [0.4, 0.5) is 5.69 Å². The monoisotopic (exact) mass is 302 g/mol. The number of aromatic nitrogens is 2. The van der Waals surface area contributed by atoms with Crippen molar-refractivity contribution in [3.05, 3.63) is 18.2 Å². The molecule has 2 N–H and O–H groups in total. The number of hydrogen-bond acceptors (Lipinski definition) is 4. The molecule has 2 atom stereocenters. The number of nitrogens with one attached hydrogen (secondary N) is 2. The molecule has 2 aliphatic rings. The van der Waals surface area contributed by atoms with E-state index < -0.39 is 0 Å². The fourth-order valence-corrected chi connectivity index (χ4v) is 3.73. The highest BCUT2D eigenvalue weighted by atomic mass is 16.2. The van der Waals surface area contributed by atoms with Crippen LogP contribution in [0.2, 0.25) is 0 Å². The Hall–Kier alpha value is -1.49. The first-order valence-electron chi connectivity index (χ1n) is 8.26. The van der Waals surface area contributed by atoms with Gasteiger partial charge in [-0.3, -0.25) is 4.79 Å². The summed E-state index contributed by atoms with van der Waals surface area (Å²) in [5, 5.41) is 6.46. The third-order valence-electron chi connectivity index (χ3n) is 5.07. The number of carbonyl (C=O) groups excluding carboxylic acids is 1. The molecular weight excluding hydrogens is 276 g/mol. The lowest BCUT2D eigenvalue weighted by molar-refractivity contribution is -0.128. The summed E-state index contributed by atoms with van der Waals surface area (Å²) in [6.45, 7) is 8.00. The third-order valence-corrected chi connectivity index (χ3v) is 5.07. The lowest BCUT2D eigenvalue weighted by Gasteiger charge is -2.37. The van der Waals surface area contributed by atoms with E-state index in [0.29, 0.717) is 11.6 Å². The summed E-state index contributed by atoms with van der Waals surface area (Å²) in [4.78, 5) is 21.6. The predicted octanol–water partition coefficient (Wildman–Crippen LogP) is 2.49. The molecule has 0 bridgehead atoms. The third kappa shape index (κ3) is 2.74. The molecule has 5 nitrogen and oxygen atoms in total. The maximum absolute atomic E-state index is 12.8. The van der Waals surface area contributed by atoms with Crippen molar-refractivity contribution >= 4 is 11.6 Å². The second kappa shape index (κ2) is 5.61. The summed E-state index contributed by atoms with van der Waals surface area (Å²) in [5.74, 6) is 1.40. The summed E-state index contributed by atoms with van der Waals surface area (Å²) in [6.07, 6.45) is 7.97. The number of fused-ring (bicyclic) bond motifs is 1. The zero-order valence-electron chi connectivity index (χ0n) is 13.8. The number of carbonyl (C=O) groups is 1. The van der Waals surface area contributed by atoms with Gasteiger partial charge in [-0.25, -0.2) is 9.97 Å². The maximum Gasteiger partial charge on any atom is 0.232 e. The summed E-state index contributed by atoms with van der Waals surface area (Å²) >= 11 is 0. The van der Waals surface area contributed by atoms with Crippen molar-refractivity contribution in [2.24, 2.45) is 11.3 Å². The lowest BCUT2D eigenvalue weighted by atomic mass is 9.67. The van der Waals surface area contributed by atoms with E-state index in [1.54, 1.807) is 12.4 Å². The van der Waals surface area contributed by atoms with Gasteiger partial charge in [0.05, 0.1) is 23.5 Å². The van der Waals surface area contributed by atoms with E-state index in [4.69, 9.17) is 0 Å². The second-order valence-electron chi connectivity index (χ2n) is 7.73. The molecule has 1 saturated heterocycles. The Morgan fingerprint density at radius 1 is 1.32 bits per heavy atom. The van der Waals surface area contributed by atoms with Crippen LogP contribution in [-0.4, -0.2) is 29.0 Å². The van der Waals surface area contributed by atoms with Crippen LogP contribution in [0, 0.1) is 11.3 Å². The molecule has 0 unspecified atom stereocenters. The van der Waals surface area contributed by atoms with E-state index in [-0.39, 0.29) is 16.7 Å². The van der Waals surface area contributed by atoms with Crippen molar-refractivity contribution in [1.29, 1.82) is 0 Å². The van der Waals surface area contributed by atoms with E-state index in [1.165, 1.54) is 6.42 Å². The highest BCUT2D eigenvalue weighted by molar-refractivity contribution is 5.95. The van der Waals surface area contributed by atoms with Crippen molar-refractivity contribution in [3.8, 4) is 0 Å². The number of amides is 1. The van der Waals surface area contributed by atoms with Crippen LogP contribution in [0.5, 0.6) is 0 Å². The summed E-state index contributed by atoms with van der Waals surface area (Å²) in [7, 11) is 0. The molecule has 0 aromatic carbocycles. The van der Waals surface area contributed by atoms with E-state index in [9.17, 15) is 4.79 Å². The molecule has 1 aromatic rings. The minimum Gasteiger partial charge on any atom is -0.323 e. The number of nitrogens with zero attached hydrogens (tertiary/aromatic N) is 2. The zero-order chi connectivity index (χ0) is 15.8. The molecule has 22 heavy (non-hydrogen) atoms. The van der Waals surface area contributed by atoms with Crippen LogP contribution in [0.3, 0.4) is 0 Å². The van der Waals surface area contributed by atoms with Gasteiger partial charge in [0.1, 0.15) is 5.82 Å². The smallest absolute Gasteiger partial charge is 0.232 e. The first kappa shape index (κ1) is 15.4. The molecule has 0 radical (unpaired) electrons. The Kier molecular flexibility index (Phi) is 3.93.